The number of likely N-dealkylation sites (tertiary alicyclic amines) is 1. The van der Waals surface area contributed by atoms with Crippen LogP contribution >= 0.6 is 0 Å². The van der Waals surface area contributed by atoms with Crippen molar-refractivity contribution in [3.05, 3.63) is 34.9 Å². The van der Waals surface area contributed by atoms with Crippen LogP contribution in [0.1, 0.15) is 54.1 Å². The van der Waals surface area contributed by atoms with E-state index in [1.807, 2.05) is 18.2 Å². The van der Waals surface area contributed by atoms with E-state index in [1.54, 1.807) is 11.8 Å². The Morgan fingerprint density at radius 2 is 1.90 bits per heavy atom. The van der Waals surface area contributed by atoms with Crippen LogP contribution < -0.4 is 0 Å². The normalized spacial score (nSPS) is 24.7. The predicted octanol–water partition coefficient (Wildman–Crippen LogP) is 2.64. The van der Waals surface area contributed by atoms with Crippen LogP contribution in [0.3, 0.4) is 0 Å². The first-order valence-electron chi connectivity index (χ1n) is 7.69. The van der Waals surface area contributed by atoms with Crippen molar-refractivity contribution in [1.29, 1.82) is 0 Å². The summed E-state index contributed by atoms with van der Waals surface area (Å²) in [7, 11) is 0. The number of carbonyl (C=O) groups excluding carboxylic acids is 1. The number of carboxylic acid groups (broad SMARTS) is 1. The molecule has 0 radical (unpaired) electrons. The molecule has 1 unspecified atom stereocenters. The third-order valence-corrected chi connectivity index (χ3v) is 4.94. The van der Waals surface area contributed by atoms with Gasteiger partial charge in [-0.05, 0) is 68.7 Å². The van der Waals surface area contributed by atoms with Crippen molar-refractivity contribution < 1.29 is 14.7 Å². The first kappa shape index (κ1) is 14.1. The standard InChI is InChI=1S/C17H21NO3/c1-17(16(20)21)9-2-3-10-18(17)15(19)14-8-7-12-5-4-6-13(12)11-14/h7-8,11H,2-6,9-10H2,1H3,(H,20,21). The Hall–Kier alpha value is -1.84. The number of hydrogen-bond acceptors (Lipinski definition) is 2. The fraction of sp³-hybridized carbons (Fsp3) is 0.529. The Balaban J connectivity index is 1.91. The van der Waals surface area contributed by atoms with Crippen molar-refractivity contribution in [3.8, 4) is 0 Å². The number of carboxylic acids is 1. The van der Waals surface area contributed by atoms with Gasteiger partial charge in [-0.25, -0.2) is 4.79 Å². The van der Waals surface area contributed by atoms with Gasteiger partial charge in [-0.2, -0.15) is 0 Å². The lowest BCUT2D eigenvalue weighted by Gasteiger charge is -2.41. The number of piperidine rings is 1. The van der Waals surface area contributed by atoms with E-state index in [2.05, 4.69) is 0 Å². The summed E-state index contributed by atoms with van der Waals surface area (Å²) in [6.07, 6.45) is 5.51. The van der Waals surface area contributed by atoms with Gasteiger partial charge < -0.3 is 10.0 Å². The molecule has 1 amide bonds. The molecule has 0 bridgehead atoms. The van der Waals surface area contributed by atoms with Gasteiger partial charge in [0.2, 0.25) is 0 Å². The molecule has 0 aromatic heterocycles. The summed E-state index contributed by atoms with van der Waals surface area (Å²) < 4.78 is 0. The Labute approximate surface area is 124 Å². The molecule has 1 N–H and O–H groups in total. The summed E-state index contributed by atoms with van der Waals surface area (Å²) in [5.74, 6) is -1.05. The molecule has 1 aromatic carbocycles. The molecule has 4 heteroatoms. The maximum atomic E-state index is 12.8. The number of aryl methyl sites for hydroxylation is 2. The molecular weight excluding hydrogens is 266 g/mol. The summed E-state index contributed by atoms with van der Waals surface area (Å²) in [4.78, 5) is 25.9. The minimum atomic E-state index is -1.08. The van der Waals surface area contributed by atoms with E-state index < -0.39 is 11.5 Å². The van der Waals surface area contributed by atoms with Gasteiger partial charge >= 0.3 is 5.97 Å². The van der Waals surface area contributed by atoms with Gasteiger partial charge in [-0.15, -0.1) is 0 Å². The van der Waals surface area contributed by atoms with Crippen LogP contribution in [0.2, 0.25) is 0 Å². The molecule has 1 aromatic rings. The molecule has 1 atom stereocenters. The Kier molecular flexibility index (Phi) is 3.47. The van der Waals surface area contributed by atoms with Crippen LogP contribution in [-0.2, 0) is 17.6 Å². The molecule has 3 rings (SSSR count). The number of amides is 1. The van der Waals surface area contributed by atoms with E-state index in [1.165, 1.54) is 11.1 Å². The molecule has 1 aliphatic carbocycles. The summed E-state index contributed by atoms with van der Waals surface area (Å²) in [5, 5.41) is 9.52. The monoisotopic (exact) mass is 287 g/mol. The van der Waals surface area contributed by atoms with Gasteiger partial charge in [-0.3, -0.25) is 4.79 Å². The van der Waals surface area contributed by atoms with Crippen molar-refractivity contribution in [2.45, 2.75) is 51.0 Å². The highest BCUT2D eigenvalue weighted by Gasteiger charge is 2.44. The van der Waals surface area contributed by atoms with Gasteiger partial charge in [0.15, 0.2) is 0 Å². The van der Waals surface area contributed by atoms with Crippen LogP contribution in [-0.4, -0.2) is 34.0 Å². The second kappa shape index (κ2) is 5.17. The maximum absolute atomic E-state index is 12.8. The molecule has 4 nitrogen and oxygen atoms in total. The first-order chi connectivity index (χ1) is 10.0. The van der Waals surface area contributed by atoms with Crippen molar-refractivity contribution in [2.24, 2.45) is 0 Å². The van der Waals surface area contributed by atoms with E-state index in [-0.39, 0.29) is 5.91 Å². The number of carbonyl (C=O) groups is 2. The van der Waals surface area contributed by atoms with Gasteiger partial charge in [0.05, 0.1) is 0 Å². The fourth-order valence-corrected chi connectivity index (χ4v) is 3.53. The highest BCUT2D eigenvalue weighted by molar-refractivity contribution is 5.98. The van der Waals surface area contributed by atoms with Gasteiger partial charge in [0.1, 0.15) is 5.54 Å². The van der Waals surface area contributed by atoms with Crippen LogP contribution in [0.5, 0.6) is 0 Å². The summed E-state index contributed by atoms with van der Waals surface area (Å²) in [5.41, 5.74) is 2.13. The van der Waals surface area contributed by atoms with Crippen LogP contribution in [0, 0.1) is 0 Å². The highest BCUT2D eigenvalue weighted by Crippen LogP contribution is 2.31. The van der Waals surface area contributed by atoms with E-state index in [0.29, 0.717) is 18.5 Å². The quantitative estimate of drug-likeness (QED) is 0.909. The average molecular weight is 287 g/mol. The van der Waals surface area contributed by atoms with E-state index >= 15 is 0 Å². The Morgan fingerprint density at radius 1 is 1.14 bits per heavy atom. The summed E-state index contributed by atoms with van der Waals surface area (Å²) in [6.45, 7) is 2.19. The first-order valence-corrected chi connectivity index (χ1v) is 7.69. The molecule has 112 valence electrons. The fourth-order valence-electron chi connectivity index (χ4n) is 3.53. The summed E-state index contributed by atoms with van der Waals surface area (Å²) >= 11 is 0. The number of aliphatic carboxylic acids is 1. The summed E-state index contributed by atoms with van der Waals surface area (Å²) in [6, 6.07) is 5.84. The zero-order chi connectivity index (χ0) is 15.0. The van der Waals surface area contributed by atoms with Gasteiger partial charge in [0, 0.05) is 12.1 Å². The largest absolute Gasteiger partial charge is 0.480 e. The second-order valence-electron chi connectivity index (χ2n) is 6.33. The highest BCUT2D eigenvalue weighted by atomic mass is 16.4. The molecule has 1 heterocycles. The smallest absolute Gasteiger partial charge is 0.329 e. The van der Waals surface area contributed by atoms with Crippen molar-refractivity contribution >= 4 is 11.9 Å². The molecular formula is C17H21NO3. The van der Waals surface area contributed by atoms with Gasteiger partial charge in [0.25, 0.3) is 5.91 Å². The van der Waals surface area contributed by atoms with Crippen molar-refractivity contribution in [3.63, 3.8) is 0 Å². The lowest BCUT2D eigenvalue weighted by atomic mass is 9.87. The van der Waals surface area contributed by atoms with Crippen LogP contribution in [0.15, 0.2) is 18.2 Å². The predicted molar refractivity (Wildman–Crippen MR) is 79.4 cm³/mol. The molecule has 0 spiro atoms. The third-order valence-electron chi connectivity index (χ3n) is 4.94. The molecule has 1 aliphatic heterocycles. The van der Waals surface area contributed by atoms with Crippen LogP contribution in [0.4, 0.5) is 0 Å². The third kappa shape index (κ3) is 2.33. The molecule has 1 fully saturated rings. The maximum Gasteiger partial charge on any atom is 0.329 e. The van der Waals surface area contributed by atoms with Crippen molar-refractivity contribution in [2.75, 3.05) is 6.54 Å². The number of rotatable bonds is 2. The zero-order valence-electron chi connectivity index (χ0n) is 12.4. The lowest BCUT2D eigenvalue weighted by molar-refractivity contribution is -0.150. The van der Waals surface area contributed by atoms with E-state index in [0.717, 1.165) is 32.1 Å². The zero-order valence-corrected chi connectivity index (χ0v) is 12.4. The topological polar surface area (TPSA) is 57.6 Å². The number of nitrogens with zero attached hydrogens (tertiary/aromatic N) is 1. The average Bonchev–Trinajstić information content (AvgIpc) is 2.94. The Morgan fingerprint density at radius 3 is 2.67 bits per heavy atom. The van der Waals surface area contributed by atoms with E-state index in [9.17, 15) is 14.7 Å². The number of benzene rings is 1. The minimum absolute atomic E-state index is 0.144. The Bertz CT molecular complexity index is 596. The molecule has 0 saturated carbocycles. The minimum Gasteiger partial charge on any atom is -0.480 e. The number of hydrogen-bond donors (Lipinski definition) is 1. The van der Waals surface area contributed by atoms with Gasteiger partial charge in [-0.1, -0.05) is 6.07 Å². The molecule has 1 saturated heterocycles. The van der Waals surface area contributed by atoms with Crippen molar-refractivity contribution in [1.82, 2.24) is 4.90 Å². The van der Waals surface area contributed by atoms with Crippen LogP contribution in [0.25, 0.3) is 0 Å². The second-order valence-corrected chi connectivity index (χ2v) is 6.33. The molecule has 2 aliphatic rings. The SMILES string of the molecule is CC1(C(=O)O)CCCCN1C(=O)c1ccc2c(c1)CCC2. The number of fused-ring (bicyclic) bond motifs is 1. The van der Waals surface area contributed by atoms with E-state index in [4.69, 9.17) is 0 Å². The lowest BCUT2D eigenvalue weighted by Crippen LogP contribution is -2.57. The molecule has 21 heavy (non-hydrogen) atoms.